The molecule has 6 fully saturated rings. The lowest BCUT2D eigenvalue weighted by molar-refractivity contribution is -0.137. The van der Waals surface area contributed by atoms with Crippen LogP contribution in [0.15, 0.2) is 54.7 Å². The maximum Gasteiger partial charge on any atom is 0.319 e. The van der Waals surface area contributed by atoms with Crippen molar-refractivity contribution in [3.63, 3.8) is 0 Å². The Bertz CT molecular complexity index is 3030. The number of imide groups is 1. The molecule has 7 aliphatic rings. The highest BCUT2D eigenvalue weighted by Gasteiger charge is 2.49. The first kappa shape index (κ1) is 49.8. The third-order valence-corrected chi connectivity index (χ3v) is 17.6. The number of carbonyl (C=O) groups is 3. The van der Waals surface area contributed by atoms with Crippen molar-refractivity contribution >= 4 is 50.9 Å². The van der Waals surface area contributed by atoms with Gasteiger partial charge >= 0.3 is 6.01 Å². The lowest BCUT2D eigenvalue weighted by Gasteiger charge is -2.53. The summed E-state index contributed by atoms with van der Waals surface area (Å²) in [6.07, 6.45) is 13.5. The molecule has 16 nitrogen and oxygen atoms in total. The highest BCUT2D eigenvalue weighted by molar-refractivity contribution is 6.06. The minimum absolute atomic E-state index is 0.0381. The van der Waals surface area contributed by atoms with Crippen molar-refractivity contribution < 1.29 is 42.8 Å². The van der Waals surface area contributed by atoms with Crippen molar-refractivity contribution in [2.75, 3.05) is 76.1 Å². The zero-order chi connectivity index (χ0) is 51.6. The first-order chi connectivity index (χ1) is 36.3. The van der Waals surface area contributed by atoms with Crippen molar-refractivity contribution in [1.29, 1.82) is 0 Å². The van der Waals surface area contributed by atoms with Crippen LogP contribution in [-0.2, 0) is 32.0 Å². The molecule has 7 heterocycles. The number of amides is 3. The van der Waals surface area contributed by atoms with Gasteiger partial charge in [0.05, 0.1) is 29.8 Å². The summed E-state index contributed by atoms with van der Waals surface area (Å²) in [5.74, 6) is -0.313. The van der Waals surface area contributed by atoms with Crippen LogP contribution in [0.3, 0.4) is 0 Å². The number of rotatable bonds is 15. The molecule has 2 saturated carbocycles. The Morgan fingerprint density at radius 1 is 0.880 bits per heavy atom. The lowest BCUT2D eigenvalue weighted by atomic mass is 9.61. The summed E-state index contributed by atoms with van der Waals surface area (Å²) >= 11 is 0. The molecule has 5 aliphatic heterocycles. The largest absolute Gasteiger partial charge is 0.468 e. The third kappa shape index (κ3) is 9.89. The molecule has 0 radical (unpaired) electrons. The fourth-order valence-electron chi connectivity index (χ4n) is 13.2. The van der Waals surface area contributed by atoms with Gasteiger partial charge in [0.2, 0.25) is 11.8 Å². The van der Waals surface area contributed by atoms with Gasteiger partial charge in [0.25, 0.3) is 5.91 Å². The monoisotopic (exact) mass is 1020 g/mol. The van der Waals surface area contributed by atoms with E-state index in [9.17, 15) is 19.5 Å². The van der Waals surface area contributed by atoms with Crippen LogP contribution in [0.2, 0.25) is 0 Å². The van der Waals surface area contributed by atoms with E-state index in [1.165, 1.54) is 0 Å². The Morgan fingerprint density at radius 2 is 1.69 bits per heavy atom. The number of piperidine rings is 4. The van der Waals surface area contributed by atoms with Gasteiger partial charge in [-0.25, -0.2) is 4.39 Å². The van der Waals surface area contributed by atoms with E-state index < -0.39 is 17.5 Å². The maximum atomic E-state index is 17.4. The fraction of sp³-hybridized carbons (Fsp3) is 0.552. The first-order valence-corrected chi connectivity index (χ1v) is 27.3. The predicted octanol–water partition coefficient (Wildman–Crippen LogP) is 7.73. The summed E-state index contributed by atoms with van der Waals surface area (Å²) in [5, 5.41) is 15.9. The van der Waals surface area contributed by atoms with Crippen LogP contribution in [-0.4, -0.2) is 138 Å². The van der Waals surface area contributed by atoms with Crippen molar-refractivity contribution in [2.24, 2.45) is 10.8 Å². The molecule has 1 unspecified atom stereocenters. The number of benzene rings is 3. The average Bonchev–Trinajstić information content (AvgIpc) is 4.09. The molecule has 12 rings (SSSR count). The number of halogens is 1. The Kier molecular flexibility index (Phi) is 13.2. The zero-order valence-electron chi connectivity index (χ0n) is 43.5. The number of likely N-dealkylation sites (tertiary alicyclic amines) is 1. The molecule has 2 aromatic heterocycles. The van der Waals surface area contributed by atoms with Crippen molar-refractivity contribution in [2.45, 2.75) is 128 Å². The third-order valence-electron chi connectivity index (χ3n) is 17.6. The van der Waals surface area contributed by atoms with Crippen LogP contribution < -0.4 is 24.6 Å². The standard InChI is InChI=1S/C58H69FN8O8/c1-4-36-7-5-8-37-26-41(74-35-72-3)27-44(48(36)37)50-49(59)51-45(30-60-50)52(66-20-6-15-56(2,71)32-66)63-55(62-51)73-34-58(16-17-58)33-64-21-13-40(14-22-64)75-42-28-57(29-42)18-23-65(24-19-57)39-9-10-43-38(25-39)31-67(54(43)70)46-11-12-47(68)61-53(46)69/h5,7-10,25-27,30,40,42,46,71H,4,6,11-24,28-29,31-35H2,1-3H3,(H,61,68,69)/t46?,56-/m1/s1. The molecule has 2 aliphatic carbocycles. The van der Waals surface area contributed by atoms with E-state index in [0.717, 1.165) is 125 Å². The Balaban J connectivity index is 0.663. The van der Waals surface area contributed by atoms with E-state index in [1.54, 1.807) is 18.2 Å². The molecule has 396 valence electrons. The minimum Gasteiger partial charge on any atom is -0.468 e. The van der Waals surface area contributed by atoms with Gasteiger partial charge in [-0.1, -0.05) is 25.1 Å². The van der Waals surface area contributed by atoms with Gasteiger partial charge in [0.1, 0.15) is 28.8 Å². The number of hydrogen-bond donors (Lipinski definition) is 2. The SMILES string of the molecule is CCc1cccc2cc(OCOC)cc(-c3ncc4c(N5CCC[C@@](C)(O)C5)nc(OCC5(CN6CCC(OC7CC8(CCN(c9ccc%10c(c9)CN(C9CCC(=O)NC9=O)C%10=O)CC8)C7)CC6)CC5)nc4c3F)c12. The number of fused-ring (bicyclic) bond motifs is 3. The Labute approximate surface area is 437 Å². The number of nitrogens with zero attached hydrogens (tertiary/aromatic N) is 7. The molecule has 1 spiro atoms. The lowest BCUT2D eigenvalue weighted by Crippen LogP contribution is -2.52. The molecule has 2 atom stereocenters. The molecule has 17 heteroatoms. The number of carbonyl (C=O) groups excluding carboxylic acids is 3. The molecule has 2 N–H and O–H groups in total. The number of methoxy groups -OCH3 is 1. The number of ether oxygens (including phenoxy) is 4. The van der Waals surface area contributed by atoms with E-state index in [2.05, 4.69) is 34.2 Å². The second kappa shape index (κ2) is 19.8. The highest BCUT2D eigenvalue weighted by atomic mass is 19.1. The smallest absolute Gasteiger partial charge is 0.319 e. The number of aliphatic hydroxyl groups is 1. The summed E-state index contributed by atoms with van der Waals surface area (Å²) in [5.41, 5.74) is 4.03. The Hall–Kier alpha value is -6.01. The zero-order valence-corrected chi connectivity index (χ0v) is 43.5. The van der Waals surface area contributed by atoms with Gasteiger partial charge in [0.15, 0.2) is 12.6 Å². The van der Waals surface area contributed by atoms with Crippen LogP contribution in [0.5, 0.6) is 11.8 Å². The van der Waals surface area contributed by atoms with Crippen LogP contribution in [0.1, 0.15) is 112 Å². The quantitative estimate of drug-likeness (QED) is 0.0771. The number of hydrogen-bond acceptors (Lipinski definition) is 14. The molecule has 3 aromatic carbocycles. The summed E-state index contributed by atoms with van der Waals surface area (Å²) in [4.78, 5) is 60.7. The van der Waals surface area contributed by atoms with Gasteiger partial charge in [-0.3, -0.25) is 24.7 Å². The highest BCUT2D eigenvalue weighted by Crippen LogP contribution is 2.52. The van der Waals surface area contributed by atoms with Crippen molar-refractivity contribution in [3.8, 4) is 23.0 Å². The second-order valence-corrected chi connectivity index (χ2v) is 23.1. The molecule has 4 saturated heterocycles. The summed E-state index contributed by atoms with van der Waals surface area (Å²) in [7, 11) is 1.56. The Morgan fingerprint density at radius 3 is 2.44 bits per heavy atom. The fourth-order valence-corrected chi connectivity index (χ4v) is 13.2. The van der Waals surface area contributed by atoms with E-state index in [-0.39, 0.29) is 59.7 Å². The maximum absolute atomic E-state index is 17.4. The van der Waals surface area contributed by atoms with Crippen molar-refractivity contribution in [3.05, 3.63) is 77.2 Å². The molecule has 3 amide bonds. The second-order valence-electron chi connectivity index (χ2n) is 23.1. The van der Waals surface area contributed by atoms with Crippen LogP contribution in [0.4, 0.5) is 15.9 Å². The van der Waals surface area contributed by atoms with Crippen molar-refractivity contribution in [1.82, 2.24) is 30.1 Å². The average molecular weight is 1030 g/mol. The molecular weight excluding hydrogens is 956 g/mol. The first-order valence-electron chi connectivity index (χ1n) is 27.3. The summed E-state index contributed by atoms with van der Waals surface area (Å²) in [6.45, 7) is 10.5. The normalized spacial score (nSPS) is 24.0. The van der Waals surface area contributed by atoms with Gasteiger partial charge in [0, 0.05) is 94.3 Å². The summed E-state index contributed by atoms with van der Waals surface area (Å²) < 4.78 is 41.8. The predicted molar refractivity (Wildman–Crippen MR) is 281 cm³/mol. The van der Waals surface area contributed by atoms with Crippen LogP contribution in [0.25, 0.3) is 32.9 Å². The van der Waals surface area contributed by atoms with Gasteiger partial charge < -0.3 is 43.7 Å². The number of β-amino-alcohol motifs (C(OH)–C–C–N with tert-alkyl or cyclic N) is 1. The number of anilines is 2. The minimum atomic E-state index is -0.930. The summed E-state index contributed by atoms with van der Waals surface area (Å²) in [6, 6.07) is 15.4. The van der Waals surface area contributed by atoms with E-state index in [1.807, 2.05) is 48.2 Å². The van der Waals surface area contributed by atoms with Gasteiger partial charge in [-0.2, -0.15) is 9.97 Å². The van der Waals surface area contributed by atoms with E-state index in [4.69, 9.17) is 33.9 Å². The van der Waals surface area contributed by atoms with Crippen LogP contribution >= 0.6 is 0 Å². The van der Waals surface area contributed by atoms with Gasteiger partial charge in [-0.15, -0.1) is 0 Å². The number of pyridine rings is 1. The van der Waals surface area contributed by atoms with Gasteiger partial charge in [-0.05, 0) is 142 Å². The van der Waals surface area contributed by atoms with E-state index in [0.29, 0.717) is 78.7 Å². The molecule has 75 heavy (non-hydrogen) atoms. The number of aromatic nitrogens is 3. The molecule has 5 aromatic rings. The van der Waals surface area contributed by atoms with Crippen LogP contribution in [0, 0.1) is 16.6 Å². The molecule has 0 bridgehead atoms. The topological polar surface area (TPSA) is 172 Å². The number of nitrogens with one attached hydrogen (secondary N) is 1. The van der Waals surface area contributed by atoms with E-state index >= 15 is 4.39 Å². The molecular formula is C58H69FN8O8. The number of aryl methyl sites for hydroxylation is 1.